The monoisotopic (exact) mass is 450 g/mol. The molecule has 6 nitrogen and oxygen atoms in total. The summed E-state index contributed by atoms with van der Waals surface area (Å²) >= 11 is 0. The highest BCUT2D eigenvalue weighted by Gasteiger charge is 2.43. The molecule has 1 aromatic rings. The average Bonchev–Trinajstić information content (AvgIpc) is 3.25. The number of nitrogens with zero attached hydrogens (tertiary/aromatic N) is 3. The number of likely N-dealkylation sites (tertiary alicyclic amines) is 1. The molecule has 3 aliphatic rings. The van der Waals surface area contributed by atoms with Crippen LogP contribution in [0, 0.1) is 29.1 Å². The molecular weight excluding hydrogens is 421 g/mol. The van der Waals surface area contributed by atoms with Gasteiger partial charge in [-0.3, -0.25) is 4.79 Å². The van der Waals surface area contributed by atoms with Crippen molar-refractivity contribution in [2.45, 2.75) is 37.9 Å². The summed E-state index contributed by atoms with van der Waals surface area (Å²) in [5, 5.41) is 9.04. The van der Waals surface area contributed by atoms with Gasteiger partial charge < -0.3 is 20.3 Å². The highest BCUT2D eigenvalue weighted by atomic mass is 19.4. The van der Waals surface area contributed by atoms with Gasteiger partial charge in [-0.25, -0.2) is 0 Å². The van der Waals surface area contributed by atoms with E-state index in [0.717, 1.165) is 58.1 Å². The Morgan fingerprint density at radius 1 is 1.12 bits per heavy atom. The topological polar surface area (TPSA) is 82.6 Å². The largest absolute Gasteiger partial charge is 0.417 e. The van der Waals surface area contributed by atoms with Gasteiger partial charge in [0.2, 0.25) is 5.91 Å². The summed E-state index contributed by atoms with van der Waals surface area (Å²) in [6.07, 6.45) is -0.597. The van der Waals surface area contributed by atoms with Crippen LogP contribution in [0.1, 0.15) is 36.8 Å². The molecule has 3 saturated heterocycles. The molecule has 32 heavy (non-hydrogen) atoms. The van der Waals surface area contributed by atoms with Crippen molar-refractivity contribution in [2.24, 2.45) is 23.5 Å². The zero-order chi connectivity index (χ0) is 22.9. The van der Waals surface area contributed by atoms with E-state index in [0.29, 0.717) is 30.7 Å². The van der Waals surface area contributed by atoms with Gasteiger partial charge in [-0.15, -0.1) is 0 Å². The molecule has 3 heterocycles. The van der Waals surface area contributed by atoms with E-state index in [1.165, 1.54) is 12.1 Å². The SMILES string of the molecule is N#Cc1ccc(N2C[C@@H](C(N)=O)[C@H](C3CCN(C4CCOCC4)CC3)C2)cc1C(F)(F)F. The molecule has 2 atom stereocenters. The normalized spacial score (nSPS) is 26.2. The number of nitrogens with two attached hydrogens (primary N) is 1. The van der Waals surface area contributed by atoms with Crippen LogP contribution in [-0.4, -0.2) is 56.2 Å². The number of halogens is 3. The third-order valence-corrected chi connectivity index (χ3v) is 7.41. The van der Waals surface area contributed by atoms with Crippen molar-refractivity contribution < 1.29 is 22.7 Å². The van der Waals surface area contributed by atoms with Crippen LogP contribution in [0.25, 0.3) is 0 Å². The number of benzene rings is 1. The summed E-state index contributed by atoms with van der Waals surface area (Å²) < 4.78 is 45.7. The lowest BCUT2D eigenvalue weighted by Gasteiger charge is -2.41. The Balaban J connectivity index is 1.47. The van der Waals surface area contributed by atoms with E-state index in [9.17, 15) is 18.0 Å². The molecule has 0 saturated carbocycles. The molecule has 4 rings (SSSR count). The lowest BCUT2D eigenvalue weighted by Crippen LogP contribution is -2.46. The Bertz CT molecular complexity index is 871. The Morgan fingerprint density at radius 3 is 2.41 bits per heavy atom. The highest BCUT2D eigenvalue weighted by molar-refractivity contribution is 5.79. The summed E-state index contributed by atoms with van der Waals surface area (Å²) in [5.41, 5.74) is 4.75. The van der Waals surface area contributed by atoms with E-state index in [-0.39, 0.29) is 11.8 Å². The minimum Gasteiger partial charge on any atom is -0.381 e. The molecule has 3 aliphatic heterocycles. The molecule has 174 valence electrons. The smallest absolute Gasteiger partial charge is 0.381 e. The number of hydrogen-bond donors (Lipinski definition) is 1. The summed E-state index contributed by atoms with van der Waals surface area (Å²) in [6.45, 7) is 4.34. The quantitative estimate of drug-likeness (QED) is 0.763. The molecule has 0 spiro atoms. The van der Waals surface area contributed by atoms with Gasteiger partial charge in [-0.2, -0.15) is 18.4 Å². The molecule has 2 N–H and O–H groups in total. The molecule has 1 aromatic carbocycles. The second-order valence-corrected chi connectivity index (χ2v) is 9.13. The number of anilines is 1. The molecule has 0 aliphatic carbocycles. The minimum absolute atomic E-state index is 0.0225. The van der Waals surface area contributed by atoms with E-state index in [4.69, 9.17) is 15.7 Å². The third-order valence-electron chi connectivity index (χ3n) is 7.41. The molecule has 1 amide bonds. The van der Waals surface area contributed by atoms with Crippen LogP contribution in [0.5, 0.6) is 0 Å². The first-order valence-corrected chi connectivity index (χ1v) is 11.3. The second-order valence-electron chi connectivity index (χ2n) is 9.13. The Labute approximate surface area is 186 Å². The van der Waals surface area contributed by atoms with Gasteiger partial charge in [-0.1, -0.05) is 0 Å². The number of amides is 1. The summed E-state index contributed by atoms with van der Waals surface area (Å²) in [7, 11) is 0. The lowest BCUT2D eigenvalue weighted by molar-refractivity contribution is -0.137. The Hall–Kier alpha value is -2.31. The fraction of sp³-hybridized carbons (Fsp3) is 0.652. The summed E-state index contributed by atoms with van der Waals surface area (Å²) in [4.78, 5) is 16.6. The standard InChI is InChI=1S/C23H29F3N4O2/c24-23(25,26)21-11-18(2-1-16(21)12-27)30-13-19(20(14-30)22(28)31)15-3-7-29(8-4-15)17-5-9-32-10-6-17/h1-2,11,15,17,19-20H,3-10,13-14H2,(H2,28,31)/t19-,20+/m0/s1. The number of hydrogen-bond acceptors (Lipinski definition) is 5. The Morgan fingerprint density at radius 2 is 1.81 bits per heavy atom. The van der Waals surface area contributed by atoms with Crippen molar-refractivity contribution >= 4 is 11.6 Å². The van der Waals surface area contributed by atoms with Crippen LogP contribution in [0.2, 0.25) is 0 Å². The number of carbonyl (C=O) groups excluding carboxylic acids is 1. The first-order chi connectivity index (χ1) is 15.3. The van der Waals surface area contributed by atoms with Crippen LogP contribution >= 0.6 is 0 Å². The fourth-order valence-corrected chi connectivity index (χ4v) is 5.64. The van der Waals surface area contributed by atoms with Gasteiger partial charge in [0.15, 0.2) is 0 Å². The van der Waals surface area contributed by atoms with E-state index < -0.39 is 23.2 Å². The molecule has 0 unspecified atom stereocenters. The van der Waals surface area contributed by atoms with Crippen LogP contribution in [0.4, 0.5) is 18.9 Å². The Kier molecular flexibility index (Phi) is 6.63. The first kappa shape index (κ1) is 22.9. The van der Waals surface area contributed by atoms with Crippen molar-refractivity contribution in [3.63, 3.8) is 0 Å². The van der Waals surface area contributed by atoms with Gasteiger partial charge >= 0.3 is 6.18 Å². The lowest BCUT2D eigenvalue weighted by atomic mass is 9.78. The van der Waals surface area contributed by atoms with Gasteiger partial charge in [0, 0.05) is 38.0 Å². The van der Waals surface area contributed by atoms with Gasteiger partial charge in [0.05, 0.1) is 23.1 Å². The van der Waals surface area contributed by atoms with E-state index in [1.54, 1.807) is 6.07 Å². The number of nitriles is 1. The summed E-state index contributed by atoms with van der Waals surface area (Å²) in [5.74, 6) is -0.447. The zero-order valence-electron chi connectivity index (χ0n) is 18.0. The maximum absolute atomic E-state index is 13.4. The molecule has 9 heteroatoms. The maximum atomic E-state index is 13.4. The molecular formula is C23H29F3N4O2. The van der Waals surface area contributed by atoms with Crippen molar-refractivity contribution in [2.75, 3.05) is 44.3 Å². The molecule has 0 aromatic heterocycles. The van der Waals surface area contributed by atoms with Gasteiger partial charge in [-0.05, 0) is 68.8 Å². The van der Waals surface area contributed by atoms with Crippen LogP contribution < -0.4 is 10.6 Å². The summed E-state index contributed by atoms with van der Waals surface area (Å²) in [6, 6.07) is 5.92. The number of alkyl halides is 3. The second kappa shape index (κ2) is 9.28. The number of rotatable bonds is 4. The average molecular weight is 451 g/mol. The van der Waals surface area contributed by atoms with E-state index in [2.05, 4.69) is 4.90 Å². The van der Waals surface area contributed by atoms with Crippen molar-refractivity contribution in [3.05, 3.63) is 29.3 Å². The minimum atomic E-state index is -4.61. The van der Waals surface area contributed by atoms with Crippen molar-refractivity contribution in [3.8, 4) is 6.07 Å². The molecule has 0 bridgehead atoms. The zero-order valence-corrected chi connectivity index (χ0v) is 18.0. The van der Waals surface area contributed by atoms with Crippen LogP contribution in [-0.2, 0) is 15.7 Å². The molecule has 0 radical (unpaired) electrons. The van der Waals surface area contributed by atoms with Crippen LogP contribution in [0.15, 0.2) is 18.2 Å². The number of ether oxygens (including phenoxy) is 1. The van der Waals surface area contributed by atoms with E-state index >= 15 is 0 Å². The van der Waals surface area contributed by atoms with Crippen molar-refractivity contribution in [1.82, 2.24) is 4.90 Å². The maximum Gasteiger partial charge on any atom is 0.417 e. The van der Waals surface area contributed by atoms with E-state index in [1.807, 2.05) is 4.90 Å². The van der Waals surface area contributed by atoms with Gasteiger partial charge in [0.1, 0.15) is 0 Å². The number of piperidine rings is 1. The van der Waals surface area contributed by atoms with Crippen LogP contribution in [0.3, 0.4) is 0 Å². The third kappa shape index (κ3) is 4.71. The predicted octanol–water partition coefficient (Wildman–Crippen LogP) is 3.01. The number of carbonyl (C=O) groups is 1. The first-order valence-electron chi connectivity index (χ1n) is 11.3. The highest BCUT2D eigenvalue weighted by Crippen LogP contribution is 2.40. The predicted molar refractivity (Wildman–Crippen MR) is 113 cm³/mol. The fourth-order valence-electron chi connectivity index (χ4n) is 5.64. The molecule has 3 fully saturated rings. The number of primary amides is 1. The van der Waals surface area contributed by atoms with Crippen molar-refractivity contribution in [1.29, 1.82) is 5.26 Å². The van der Waals surface area contributed by atoms with Gasteiger partial charge in [0.25, 0.3) is 0 Å².